The summed E-state index contributed by atoms with van der Waals surface area (Å²) in [5, 5.41) is 0. The third-order valence-corrected chi connectivity index (χ3v) is 3.45. The van der Waals surface area contributed by atoms with Crippen molar-refractivity contribution in [3.8, 4) is 0 Å². The first-order valence-corrected chi connectivity index (χ1v) is 6.41. The van der Waals surface area contributed by atoms with Crippen LogP contribution in [-0.4, -0.2) is 36.9 Å². The lowest BCUT2D eigenvalue weighted by Gasteiger charge is -2.39. The molecule has 1 aromatic rings. The molecule has 1 aliphatic rings. The molecule has 0 saturated carbocycles. The molecule has 0 radical (unpaired) electrons. The van der Waals surface area contributed by atoms with Gasteiger partial charge in [0.15, 0.2) is 0 Å². The average molecular weight is 234 g/mol. The monoisotopic (exact) mass is 234 g/mol. The van der Waals surface area contributed by atoms with Crippen LogP contribution in [0, 0.1) is 0 Å². The maximum Gasteiger partial charge on any atom is 0.129 e. The highest BCUT2D eigenvalue weighted by Crippen LogP contribution is 2.16. The van der Waals surface area contributed by atoms with Gasteiger partial charge in [-0.15, -0.1) is 0 Å². The Hall–Kier alpha value is -0.900. The molecule has 94 valence electrons. The smallest absolute Gasteiger partial charge is 0.129 e. The molecule has 1 heterocycles. The van der Waals surface area contributed by atoms with Crippen molar-refractivity contribution in [1.82, 2.24) is 4.90 Å². The van der Waals surface area contributed by atoms with Gasteiger partial charge in [-0.25, -0.2) is 0 Å². The molecule has 0 spiro atoms. The van der Waals surface area contributed by atoms with Crippen molar-refractivity contribution in [2.45, 2.75) is 25.5 Å². The normalized spacial score (nSPS) is 26.0. The summed E-state index contributed by atoms with van der Waals surface area (Å²) in [6.45, 7) is 5.73. The lowest BCUT2D eigenvalue weighted by molar-refractivity contribution is -0.107. The van der Waals surface area contributed by atoms with Crippen molar-refractivity contribution in [3.05, 3.63) is 35.9 Å². The third kappa shape index (κ3) is 3.53. The van der Waals surface area contributed by atoms with E-state index in [1.54, 1.807) is 0 Å². The van der Waals surface area contributed by atoms with Gasteiger partial charge in [0.05, 0.1) is 6.61 Å². The summed E-state index contributed by atoms with van der Waals surface area (Å²) >= 11 is 0. The van der Waals surface area contributed by atoms with Crippen LogP contribution in [0.1, 0.15) is 18.9 Å². The Morgan fingerprint density at radius 1 is 1.35 bits per heavy atom. The first-order chi connectivity index (χ1) is 8.22. The van der Waals surface area contributed by atoms with Gasteiger partial charge in [0.2, 0.25) is 0 Å². The van der Waals surface area contributed by atoms with Crippen molar-refractivity contribution in [2.24, 2.45) is 5.73 Å². The molecule has 1 aliphatic heterocycles. The van der Waals surface area contributed by atoms with E-state index in [0.717, 1.165) is 39.1 Å². The molecule has 1 saturated heterocycles. The predicted molar refractivity (Wildman–Crippen MR) is 69.7 cm³/mol. The summed E-state index contributed by atoms with van der Waals surface area (Å²) in [6.07, 6.45) is 1.95. The van der Waals surface area contributed by atoms with E-state index >= 15 is 0 Å². The maximum absolute atomic E-state index is 6.15. The molecule has 1 atom stereocenters. The Morgan fingerprint density at radius 3 is 2.82 bits per heavy atom. The zero-order chi connectivity index (χ0) is 12.1. The second-order valence-electron chi connectivity index (χ2n) is 4.78. The molecule has 0 aliphatic carbocycles. The minimum Gasteiger partial charge on any atom is -0.358 e. The molecule has 17 heavy (non-hydrogen) atoms. The molecule has 3 heteroatoms. The Labute approximate surface area is 104 Å². The fraction of sp³-hybridized carbons (Fsp3) is 0.571. The number of benzene rings is 1. The third-order valence-electron chi connectivity index (χ3n) is 3.45. The summed E-state index contributed by atoms with van der Waals surface area (Å²) in [7, 11) is 0. The summed E-state index contributed by atoms with van der Waals surface area (Å²) in [5.41, 5.74) is 7.11. The van der Waals surface area contributed by atoms with Crippen LogP contribution >= 0.6 is 0 Å². The second-order valence-corrected chi connectivity index (χ2v) is 4.78. The van der Waals surface area contributed by atoms with Gasteiger partial charge < -0.3 is 10.5 Å². The van der Waals surface area contributed by atoms with Gasteiger partial charge in [-0.05, 0) is 18.4 Å². The highest BCUT2D eigenvalue weighted by molar-refractivity contribution is 5.14. The molecule has 1 unspecified atom stereocenters. The van der Waals surface area contributed by atoms with E-state index in [9.17, 15) is 0 Å². The van der Waals surface area contributed by atoms with E-state index in [1.807, 2.05) is 0 Å². The van der Waals surface area contributed by atoms with Crippen molar-refractivity contribution in [2.75, 3.05) is 26.2 Å². The van der Waals surface area contributed by atoms with Crippen LogP contribution in [0.4, 0.5) is 0 Å². The van der Waals surface area contributed by atoms with Crippen LogP contribution in [0.25, 0.3) is 0 Å². The highest BCUT2D eigenvalue weighted by atomic mass is 16.5. The Balaban J connectivity index is 1.83. The Morgan fingerprint density at radius 2 is 2.12 bits per heavy atom. The molecule has 1 fully saturated rings. The number of hydrogen-bond acceptors (Lipinski definition) is 3. The van der Waals surface area contributed by atoms with Gasteiger partial charge in [-0.2, -0.15) is 0 Å². The van der Waals surface area contributed by atoms with E-state index < -0.39 is 5.72 Å². The van der Waals surface area contributed by atoms with Crippen molar-refractivity contribution in [3.63, 3.8) is 0 Å². The summed E-state index contributed by atoms with van der Waals surface area (Å²) in [4.78, 5) is 2.40. The molecule has 1 aromatic carbocycles. The lowest BCUT2D eigenvalue weighted by atomic mass is 10.1. The van der Waals surface area contributed by atoms with Crippen molar-refractivity contribution in [1.29, 1.82) is 0 Å². The molecule has 0 amide bonds. The minimum absolute atomic E-state index is 0.436. The van der Waals surface area contributed by atoms with Gasteiger partial charge in [0.1, 0.15) is 5.72 Å². The topological polar surface area (TPSA) is 38.5 Å². The van der Waals surface area contributed by atoms with Crippen molar-refractivity contribution >= 4 is 0 Å². The molecule has 0 aromatic heterocycles. The van der Waals surface area contributed by atoms with Gasteiger partial charge in [0.25, 0.3) is 0 Å². The first-order valence-electron chi connectivity index (χ1n) is 6.41. The van der Waals surface area contributed by atoms with Crippen molar-refractivity contribution < 1.29 is 4.74 Å². The fourth-order valence-electron chi connectivity index (χ4n) is 2.22. The van der Waals surface area contributed by atoms with Crippen LogP contribution in [0.2, 0.25) is 0 Å². The molecule has 2 rings (SSSR count). The van der Waals surface area contributed by atoms with Crippen LogP contribution in [-0.2, 0) is 11.2 Å². The second kappa shape index (κ2) is 5.63. The number of ether oxygens (including phenoxy) is 1. The first kappa shape index (κ1) is 12.6. The number of nitrogens with two attached hydrogens (primary N) is 1. The van der Waals surface area contributed by atoms with Gasteiger partial charge in [0, 0.05) is 19.6 Å². The number of hydrogen-bond donors (Lipinski definition) is 1. The van der Waals surface area contributed by atoms with E-state index in [1.165, 1.54) is 5.56 Å². The average Bonchev–Trinajstić information content (AvgIpc) is 2.38. The largest absolute Gasteiger partial charge is 0.358 e. The quantitative estimate of drug-likeness (QED) is 0.860. The number of nitrogens with zero attached hydrogens (tertiary/aromatic N) is 1. The maximum atomic E-state index is 6.15. The SMILES string of the molecule is CCC1(N)CN(CCc2ccccc2)CCO1. The number of rotatable bonds is 4. The summed E-state index contributed by atoms with van der Waals surface area (Å²) in [5.74, 6) is 0. The fourth-order valence-corrected chi connectivity index (χ4v) is 2.22. The Bertz CT molecular complexity index is 341. The molecule has 0 bridgehead atoms. The summed E-state index contributed by atoms with van der Waals surface area (Å²) in [6, 6.07) is 10.6. The minimum atomic E-state index is -0.436. The van der Waals surface area contributed by atoms with E-state index in [0.29, 0.717) is 0 Å². The standard InChI is InChI=1S/C14H22N2O/c1-2-14(15)12-16(10-11-17-14)9-8-13-6-4-3-5-7-13/h3-7H,2,8-12,15H2,1H3. The molecule has 2 N–H and O–H groups in total. The van der Waals surface area contributed by atoms with Gasteiger partial charge in [-0.1, -0.05) is 37.3 Å². The van der Waals surface area contributed by atoms with E-state index in [2.05, 4.69) is 42.2 Å². The number of morpholine rings is 1. The van der Waals surface area contributed by atoms with Crippen LogP contribution in [0.5, 0.6) is 0 Å². The zero-order valence-corrected chi connectivity index (χ0v) is 10.6. The van der Waals surface area contributed by atoms with Gasteiger partial charge in [-0.3, -0.25) is 4.90 Å². The van der Waals surface area contributed by atoms with Crippen LogP contribution < -0.4 is 5.73 Å². The lowest BCUT2D eigenvalue weighted by Crippen LogP contribution is -2.57. The predicted octanol–water partition coefficient (Wildman–Crippen LogP) is 1.63. The van der Waals surface area contributed by atoms with Crippen LogP contribution in [0.3, 0.4) is 0 Å². The van der Waals surface area contributed by atoms with Crippen LogP contribution in [0.15, 0.2) is 30.3 Å². The zero-order valence-electron chi connectivity index (χ0n) is 10.6. The summed E-state index contributed by atoms with van der Waals surface area (Å²) < 4.78 is 5.63. The molecular formula is C14H22N2O. The van der Waals surface area contributed by atoms with E-state index in [-0.39, 0.29) is 0 Å². The molecular weight excluding hydrogens is 212 g/mol. The molecule has 3 nitrogen and oxygen atoms in total. The van der Waals surface area contributed by atoms with Gasteiger partial charge >= 0.3 is 0 Å². The van der Waals surface area contributed by atoms with E-state index in [4.69, 9.17) is 10.5 Å². The Kier molecular flexibility index (Phi) is 4.15. The highest BCUT2D eigenvalue weighted by Gasteiger charge is 2.30.